The summed E-state index contributed by atoms with van der Waals surface area (Å²) in [6.07, 6.45) is 30.2. The first-order valence-electron chi connectivity index (χ1n) is 32.2. The van der Waals surface area contributed by atoms with Gasteiger partial charge in [0.15, 0.2) is 29.1 Å². The van der Waals surface area contributed by atoms with E-state index in [-0.39, 0.29) is 21.1 Å². The number of benzene rings is 7. The van der Waals surface area contributed by atoms with Gasteiger partial charge in [-0.25, -0.2) is 19.9 Å². The van der Waals surface area contributed by atoms with Crippen LogP contribution in [-0.4, -0.2) is 44.9 Å². The largest absolute Gasteiger partial charge is 0.227 e. The summed E-state index contributed by atoms with van der Waals surface area (Å²) in [5.41, 5.74) is 7.57. The molecule has 0 aliphatic carbocycles. The number of nitrogens with zero attached hydrogens (tertiary/aromatic N) is 9. The predicted octanol–water partition coefficient (Wildman–Crippen LogP) is 28.2. The monoisotopic (exact) mass is 1800 g/mol. The minimum absolute atomic E-state index is 0.000000000000000444. The lowest BCUT2D eigenvalue weighted by Crippen LogP contribution is -2.00. The summed E-state index contributed by atoms with van der Waals surface area (Å²) in [6.45, 7) is 4.56. The Kier molecular flexibility index (Phi) is 39.1. The summed E-state index contributed by atoms with van der Waals surface area (Å²) >= 11 is 46.0. The molecule has 0 aliphatic rings. The molecule has 0 amide bonds. The van der Waals surface area contributed by atoms with Gasteiger partial charge in [-0.3, -0.25) is 0 Å². The molecule has 0 saturated heterocycles. The van der Waals surface area contributed by atoms with Gasteiger partial charge in [0, 0.05) is 59.1 Å². The molecule has 10 rings (SSSR count). The molecule has 0 unspecified atom stereocenters. The van der Waals surface area contributed by atoms with Crippen molar-refractivity contribution in [3.05, 3.63) is 233 Å². The number of unbranched alkanes of at least 4 members (excludes halogenated alkanes) is 18. The van der Waals surface area contributed by atoms with Crippen molar-refractivity contribution in [1.29, 1.82) is 0 Å². The molecule has 10 aromatic rings. The molecular weight excluding hydrogens is 1730 g/mol. The van der Waals surface area contributed by atoms with Crippen LogP contribution in [0.3, 0.4) is 0 Å². The van der Waals surface area contributed by atoms with E-state index in [1.165, 1.54) is 150 Å². The van der Waals surface area contributed by atoms with Crippen molar-refractivity contribution in [2.24, 2.45) is 0 Å². The highest BCUT2D eigenvalue weighted by Gasteiger charge is 2.14. The molecule has 0 spiro atoms. The summed E-state index contributed by atoms with van der Waals surface area (Å²) in [5, 5.41) is 0.181. The summed E-state index contributed by atoms with van der Waals surface area (Å²) in [4.78, 5) is 37.8. The lowest BCUT2D eigenvalue weighted by molar-refractivity contribution is 0.556. The van der Waals surface area contributed by atoms with Gasteiger partial charge in [0.25, 0.3) is 0 Å². The van der Waals surface area contributed by atoms with Gasteiger partial charge >= 0.3 is 0 Å². The van der Waals surface area contributed by atoms with E-state index in [2.05, 4.69) is 204 Å². The van der Waals surface area contributed by atoms with E-state index in [9.17, 15) is 0 Å². The molecule has 20 heteroatoms. The number of halogens is 11. The lowest BCUT2D eigenvalue weighted by atomic mass is 10.0. The standard InChI is InChI=1S/C33H37Br2N3.C18H29Br.C15H8Br2ClN3.C6H4Br2.C3Cl3N3/c1-2-3-4-5-6-7-8-9-10-11-12-25-13-15-26(16-14-25)31-36-32(27-17-21-29(34)22-18-27)38-33(37-31)28-19-23-30(35)24-20-28;1-2-3-4-5-6-7-8-9-10-11-12-17-13-15-18(19)16-14-17;16-11-5-1-9(2-6-11)13-19-14(21-15(18)20-13)10-3-7-12(17)8-4-10;7-5-1-2-6(8)4-3-5;4-1-7-2(5)9-3(6)8-1/h13-24H,2-12H2,1H3;13-16H,2-12H2,1H3;1-8H;1-4H;. The lowest BCUT2D eigenvalue weighted by Gasteiger charge is -2.09. The summed E-state index contributed by atoms with van der Waals surface area (Å²) in [5.74, 6) is 3.16. The average Bonchev–Trinajstić information content (AvgIpc) is 0.826. The third-order valence-electron chi connectivity index (χ3n) is 14.8. The third kappa shape index (κ3) is 32.8. The zero-order chi connectivity index (χ0) is 68.0. The second kappa shape index (κ2) is 46.4. The highest BCUT2D eigenvalue weighted by Crippen LogP contribution is 2.29. The van der Waals surface area contributed by atoms with Crippen LogP contribution in [0.1, 0.15) is 153 Å². The van der Waals surface area contributed by atoms with Crippen LogP contribution < -0.4 is 0 Å². The fourth-order valence-electron chi connectivity index (χ4n) is 9.60. The highest BCUT2D eigenvalue weighted by molar-refractivity contribution is 9.11. The molecule has 9 nitrogen and oxygen atoms in total. The first-order chi connectivity index (χ1) is 46.0. The zero-order valence-electron chi connectivity index (χ0n) is 53.4. The van der Waals surface area contributed by atoms with Crippen molar-refractivity contribution in [2.45, 2.75) is 155 Å². The van der Waals surface area contributed by atoms with E-state index >= 15 is 0 Å². The minimum Gasteiger partial charge on any atom is -0.208 e. The molecule has 0 aliphatic heterocycles. The van der Waals surface area contributed by atoms with Crippen molar-refractivity contribution in [2.75, 3.05) is 0 Å². The predicted molar refractivity (Wildman–Crippen MR) is 425 cm³/mol. The maximum absolute atomic E-state index is 6.03. The quantitative estimate of drug-likeness (QED) is 0.0464. The molecule has 7 aromatic carbocycles. The van der Waals surface area contributed by atoms with Crippen molar-refractivity contribution in [3.8, 4) is 56.9 Å². The third-order valence-corrected chi connectivity index (χ3v) is 19.2. The molecule has 0 atom stereocenters. The van der Waals surface area contributed by atoms with Crippen LogP contribution in [0.2, 0.25) is 21.1 Å². The van der Waals surface area contributed by atoms with Gasteiger partial charge in [0.1, 0.15) is 0 Å². The van der Waals surface area contributed by atoms with E-state index in [1.807, 2.05) is 121 Å². The van der Waals surface area contributed by atoms with Crippen LogP contribution in [0.15, 0.2) is 201 Å². The fourth-order valence-corrected chi connectivity index (χ4v) is 12.2. The Balaban J connectivity index is 0.000000211. The first kappa shape index (κ1) is 80.1. The van der Waals surface area contributed by atoms with E-state index < -0.39 is 0 Å². The Morgan fingerprint density at radius 2 is 0.379 bits per heavy atom. The van der Waals surface area contributed by atoms with Crippen molar-refractivity contribution >= 4 is 158 Å². The van der Waals surface area contributed by atoms with Crippen molar-refractivity contribution in [3.63, 3.8) is 0 Å². The van der Waals surface area contributed by atoms with Crippen molar-refractivity contribution in [1.82, 2.24) is 44.9 Å². The van der Waals surface area contributed by atoms with Crippen LogP contribution >= 0.6 is 158 Å². The number of rotatable bonds is 27. The second-order valence-corrected chi connectivity index (χ2v) is 30.1. The van der Waals surface area contributed by atoms with Crippen LogP contribution in [-0.2, 0) is 12.8 Å². The van der Waals surface area contributed by atoms with E-state index in [0.717, 1.165) is 61.1 Å². The maximum atomic E-state index is 6.03. The molecule has 0 fully saturated rings. The Labute approximate surface area is 641 Å². The van der Waals surface area contributed by atoms with Gasteiger partial charge in [-0.15, -0.1) is 0 Å². The molecule has 0 saturated carbocycles. The zero-order valence-corrected chi connectivity index (χ0v) is 67.5. The van der Waals surface area contributed by atoms with Gasteiger partial charge in [-0.2, -0.15) is 24.9 Å². The molecule has 95 heavy (non-hydrogen) atoms. The maximum Gasteiger partial charge on any atom is 0.227 e. The van der Waals surface area contributed by atoms with Crippen LogP contribution in [0.5, 0.6) is 0 Å². The topological polar surface area (TPSA) is 116 Å². The number of hydrogen-bond donors (Lipinski definition) is 0. The molecule has 0 radical (unpaired) electrons. The minimum atomic E-state index is 0.000000000000000444. The number of aromatic nitrogens is 9. The normalized spacial score (nSPS) is 10.7. The highest BCUT2D eigenvalue weighted by atomic mass is 79.9. The fraction of sp³-hybridized carbons (Fsp3) is 0.320. The van der Waals surface area contributed by atoms with E-state index in [1.54, 1.807) is 0 Å². The summed E-state index contributed by atoms with van der Waals surface area (Å²) < 4.78 is 7.46. The molecular formula is C75H78Br7Cl4N9. The Morgan fingerprint density at radius 1 is 0.211 bits per heavy atom. The van der Waals surface area contributed by atoms with Crippen LogP contribution in [0.4, 0.5) is 0 Å². The summed E-state index contributed by atoms with van der Waals surface area (Å²) in [7, 11) is 0. The molecule has 3 aromatic heterocycles. The molecule has 0 N–H and O–H groups in total. The Morgan fingerprint density at radius 3 is 0.621 bits per heavy atom. The van der Waals surface area contributed by atoms with Crippen LogP contribution in [0, 0.1) is 0 Å². The Hall–Kier alpha value is -3.91. The second-order valence-electron chi connectivity index (χ2n) is 22.4. The van der Waals surface area contributed by atoms with Crippen LogP contribution in [0.25, 0.3) is 56.9 Å². The number of hydrogen-bond acceptors (Lipinski definition) is 9. The molecule has 0 bridgehead atoms. The van der Waals surface area contributed by atoms with Crippen molar-refractivity contribution < 1.29 is 0 Å². The number of aryl methyl sites for hydroxylation is 2. The van der Waals surface area contributed by atoms with E-state index in [4.69, 9.17) is 61.4 Å². The Bertz CT molecular complexity index is 3570. The van der Waals surface area contributed by atoms with Gasteiger partial charge in [-0.1, -0.05) is 326 Å². The average molecular weight is 1810 g/mol. The SMILES string of the molecule is Brc1ccc(Br)cc1.CCCCCCCCCCCCc1ccc(-c2nc(-c3ccc(Br)cc3)nc(-c3ccc(Br)cc3)n2)cc1.CCCCCCCCCCCCc1ccc(Br)cc1.Clc1nc(-c2ccc(Br)cc2)nc(-c2ccc(Br)cc2)n1.Clc1nc(Cl)nc(Cl)n1. The smallest absolute Gasteiger partial charge is 0.208 e. The van der Waals surface area contributed by atoms with Gasteiger partial charge < -0.3 is 0 Å². The van der Waals surface area contributed by atoms with Gasteiger partial charge in [0.2, 0.25) is 21.1 Å². The summed E-state index contributed by atoms with van der Waals surface area (Å²) in [6, 6.07) is 57.1. The van der Waals surface area contributed by atoms with Gasteiger partial charge in [0.05, 0.1) is 0 Å². The molecule has 500 valence electrons. The first-order valence-corrected chi connectivity index (χ1v) is 39.3. The van der Waals surface area contributed by atoms with Gasteiger partial charge in [-0.05, 0) is 168 Å². The van der Waals surface area contributed by atoms with E-state index in [0.29, 0.717) is 29.1 Å². The molecule has 3 heterocycles.